The summed E-state index contributed by atoms with van der Waals surface area (Å²) in [5.74, 6) is -0.605. The minimum atomic E-state index is -0.491. The lowest BCUT2D eigenvalue weighted by Gasteiger charge is -2.41. The van der Waals surface area contributed by atoms with Crippen LogP contribution in [0.15, 0.2) is 48.7 Å². The Bertz CT molecular complexity index is 804. The second-order valence-electron chi connectivity index (χ2n) is 6.47. The van der Waals surface area contributed by atoms with Crippen LogP contribution in [0.1, 0.15) is 6.42 Å². The molecule has 2 fully saturated rings. The fourth-order valence-electron chi connectivity index (χ4n) is 3.59. The lowest BCUT2D eigenvalue weighted by Crippen LogP contribution is -2.55. The van der Waals surface area contributed by atoms with Gasteiger partial charge < -0.3 is 4.90 Å². The number of amides is 1. The lowest BCUT2D eigenvalue weighted by atomic mass is 10.2. The number of carbonyl (C=O) groups is 2. The third kappa shape index (κ3) is 3.06. The van der Waals surface area contributed by atoms with E-state index in [1.165, 1.54) is 17.0 Å². The van der Waals surface area contributed by atoms with Gasteiger partial charge in [-0.3, -0.25) is 19.4 Å². The minimum absolute atomic E-state index is 0.186. The number of benzene rings is 1. The van der Waals surface area contributed by atoms with Crippen LogP contribution in [0.4, 0.5) is 15.9 Å². The van der Waals surface area contributed by atoms with Gasteiger partial charge in [-0.05, 0) is 36.4 Å². The third-order valence-electron chi connectivity index (χ3n) is 4.95. The molecule has 6 nitrogen and oxygen atoms in total. The molecule has 4 rings (SSSR count). The molecule has 2 aliphatic heterocycles. The maximum atomic E-state index is 13.1. The predicted octanol–water partition coefficient (Wildman–Crippen LogP) is 1.67. The molecule has 7 heteroatoms. The number of ketones is 1. The van der Waals surface area contributed by atoms with E-state index < -0.39 is 5.91 Å². The zero-order valence-corrected chi connectivity index (χ0v) is 14.2. The summed E-state index contributed by atoms with van der Waals surface area (Å²) in [6, 6.07) is 11.8. The first-order chi connectivity index (χ1) is 12.6. The number of pyridine rings is 1. The zero-order chi connectivity index (χ0) is 18.1. The van der Waals surface area contributed by atoms with Crippen LogP contribution in [0.3, 0.4) is 0 Å². The molecule has 0 N–H and O–H groups in total. The van der Waals surface area contributed by atoms with E-state index in [-0.39, 0.29) is 24.2 Å². The standard InChI is InChI=1S/C19H19FN4O2/c20-14-4-6-15(7-5-14)22-9-11-23(12-10-22)18-13-16(25)19(26)24(18)17-3-1-2-8-21-17/h1-8,18H,9-13H2. The normalized spacial score (nSPS) is 21.5. The highest BCUT2D eigenvalue weighted by atomic mass is 19.1. The molecule has 1 aromatic carbocycles. The van der Waals surface area contributed by atoms with E-state index in [4.69, 9.17) is 0 Å². The highest BCUT2D eigenvalue weighted by molar-refractivity contribution is 6.43. The predicted molar refractivity (Wildman–Crippen MR) is 95.3 cm³/mol. The molecular formula is C19H19FN4O2. The Kier molecular flexibility index (Phi) is 4.38. The molecule has 0 aliphatic carbocycles. The molecule has 1 unspecified atom stereocenters. The molecule has 26 heavy (non-hydrogen) atoms. The first kappa shape index (κ1) is 16.7. The molecule has 0 spiro atoms. The van der Waals surface area contributed by atoms with Crippen molar-refractivity contribution >= 4 is 23.2 Å². The zero-order valence-electron chi connectivity index (χ0n) is 14.2. The molecule has 2 saturated heterocycles. The summed E-state index contributed by atoms with van der Waals surface area (Å²) in [6.45, 7) is 2.93. The number of hydrogen-bond donors (Lipinski definition) is 0. The summed E-state index contributed by atoms with van der Waals surface area (Å²) in [4.78, 5) is 34.5. The molecule has 1 amide bonds. The van der Waals surface area contributed by atoms with Crippen molar-refractivity contribution in [2.24, 2.45) is 0 Å². The van der Waals surface area contributed by atoms with Crippen LogP contribution < -0.4 is 9.80 Å². The Morgan fingerprint density at radius 2 is 1.69 bits per heavy atom. The van der Waals surface area contributed by atoms with Gasteiger partial charge in [0.15, 0.2) is 0 Å². The second kappa shape index (κ2) is 6.84. The summed E-state index contributed by atoms with van der Waals surface area (Å²) < 4.78 is 13.1. The fourth-order valence-corrected chi connectivity index (χ4v) is 3.59. The third-order valence-corrected chi connectivity index (χ3v) is 4.95. The van der Waals surface area contributed by atoms with Crippen molar-refractivity contribution in [3.05, 3.63) is 54.5 Å². The number of hydrogen-bond acceptors (Lipinski definition) is 5. The summed E-state index contributed by atoms with van der Waals surface area (Å²) in [6.07, 6.45) is 1.52. The number of piperazine rings is 1. The van der Waals surface area contributed by atoms with Crippen molar-refractivity contribution in [2.45, 2.75) is 12.6 Å². The quantitative estimate of drug-likeness (QED) is 0.785. The van der Waals surface area contributed by atoms with Crippen LogP contribution in [0.25, 0.3) is 0 Å². The van der Waals surface area contributed by atoms with Crippen molar-refractivity contribution in [3.8, 4) is 0 Å². The first-order valence-corrected chi connectivity index (χ1v) is 8.65. The van der Waals surface area contributed by atoms with Gasteiger partial charge in [-0.15, -0.1) is 0 Å². The smallest absolute Gasteiger partial charge is 0.296 e. The maximum absolute atomic E-state index is 13.1. The number of carbonyl (C=O) groups excluding carboxylic acids is 2. The highest BCUT2D eigenvalue weighted by Crippen LogP contribution is 2.27. The van der Waals surface area contributed by atoms with Crippen LogP contribution in [-0.2, 0) is 9.59 Å². The van der Waals surface area contributed by atoms with E-state index >= 15 is 0 Å². The van der Waals surface area contributed by atoms with Gasteiger partial charge in [0.25, 0.3) is 5.91 Å². The van der Waals surface area contributed by atoms with Crippen LogP contribution >= 0.6 is 0 Å². The highest BCUT2D eigenvalue weighted by Gasteiger charge is 2.43. The molecule has 1 atom stereocenters. The molecule has 0 bridgehead atoms. The van der Waals surface area contributed by atoms with Gasteiger partial charge in [-0.25, -0.2) is 9.37 Å². The summed E-state index contributed by atoms with van der Waals surface area (Å²) in [7, 11) is 0. The van der Waals surface area contributed by atoms with E-state index in [9.17, 15) is 14.0 Å². The fraction of sp³-hybridized carbons (Fsp3) is 0.316. The van der Waals surface area contributed by atoms with Crippen molar-refractivity contribution in [3.63, 3.8) is 0 Å². The maximum Gasteiger partial charge on any atom is 0.296 e. The van der Waals surface area contributed by atoms with E-state index in [0.717, 1.165) is 18.8 Å². The Morgan fingerprint density at radius 1 is 0.962 bits per heavy atom. The van der Waals surface area contributed by atoms with Gasteiger partial charge in [0, 0.05) is 38.1 Å². The Balaban J connectivity index is 1.48. The molecule has 2 aromatic rings. The molecule has 0 saturated carbocycles. The first-order valence-electron chi connectivity index (χ1n) is 8.65. The van der Waals surface area contributed by atoms with Gasteiger partial charge in [0.1, 0.15) is 11.6 Å². The summed E-state index contributed by atoms with van der Waals surface area (Å²) >= 11 is 0. The molecule has 3 heterocycles. The van der Waals surface area contributed by atoms with E-state index in [1.807, 2.05) is 6.07 Å². The second-order valence-corrected chi connectivity index (χ2v) is 6.47. The summed E-state index contributed by atoms with van der Waals surface area (Å²) in [5.41, 5.74) is 0.978. The average Bonchev–Trinajstić information content (AvgIpc) is 2.98. The molecular weight excluding hydrogens is 335 g/mol. The van der Waals surface area contributed by atoms with Crippen LogP contribution in [0, 0.1) is 5.82 Å². The molecule has 134 valence electrons. The van der Waals surface area contributed by atoms with Gasteiger partial charge in [0.2, 0.25) is 5.78 Å². The average molecular weight is 354 g/mol. The van der Waals surface area contributed by atoms with Crippen LogP contribution in [0.5, 0.6) is 0 Å². The Morgan fingerprint density at radius 3 is 2.35 bits per heavy atom. The largest absolute Gasteiger partial charge is 0.369 e. The molecule has 0 radical (unpaired) electrons. The van der Waals surface area contributed by atoms with Crippen molar-refractivity contribution < 1.29 is 14.0 Å². The van der Waals surface area contributed by atoms with E-state index in [2.05, 4.69) is 14.8 Å². The number of rotatable bonds is 3. The number of halogens is 1. The Labute approximate surface area is 150 Å². The van der Waals surface area contributed by atoms with Crippen LogP contribution in [0.2, 0.25) is 0 Å². The van der Waals surface area contributed by atoms with Crippen molar-refractivity contribution in [1.29, 1.82) is 0 Å². The minimum Gasteiger partial charge on any atom is -0.369 e. The van der Waals surface area contributed by atoms with Gasteiger partial charge >= 0.3 is 0 Å². The molecule has 1 aromatic heterocycles. The number of anilines is 2. The number of aromatic nitrogens is 1. The van der Waals surface area contributed by atoms with Gasteiger partial charge in [0.05, 0.1) is 12.6 Å². The monoisotopic (exact) mass is 354 g/mol. The number of nitrogens with zero attached hydrogens (tertiary/aromatic N) is 4. The van der Waals surface area contributed by atoms with Crippen molar-refractivity contribution in [1.82, 2.24) is 9.88 Å². The van der Waals surface area contributed by atoms with Gasteiger partial charge in [-0.1, -0.05) is 6.07 Å². The number of Topliss-reactive ketones (excluding diaryl/α,β-unsaturated/α-hetero) is 1. The van der Waals surface area contributed by atoms with E-state index in [0.29, 0.717) is 18.9 Å². The lowest BCUT2D eigenvalue weighted by molar-refractivity contribution is -0.133. The van der Waals surface area contributed by atoms with E-state index in [1.54, 1.807) is 30.5 Å². The van der Waals surface area contributed by atoms with Crippen LogP contribution in [-0.4, -0.2) is 53.9 Å². The SMILES string of the molecule is O=C1CC(N2CCN(c3ccc(F)cc3)CC2)N(c2ccccn2)C1=O. The van der Waals surface area contributed by atoms with Crippen molar-refractivity contribution in [2.75, 3.05) is 36.0 Å². The van der Waals surface area contributed by atoms with Gasteiger partial charge in [-0.2, -0.15) is 0 Å². The Hall–Kier alpha value is -2.80. The topological polar surface area (TPSA) is 56.8 Å². The summed E-state index contributed by atoms with van der Waals surface area (Å²) in [5, 5.41) is 0. The molecule has 2 aliphatic rings.